The van der Waals surface area contributed by atoms with Gasteiger partial charge >= 0.3 is 17.9 Å². The van der Waals surface area contributed by atoms with Crippen LogP contribution in [0.3, 0.4) is 0 Å². The Bertz CT molecular complexity index is 3060. The van der Waals surface area contributed by atoms with Gasteiger partial charge in [-0.3, -0.25) is 4.57 Å². The molecule has 0 bridgehead atoms. The van der Waals surface area contributed by atoms with Gasteiger partial charge in [-0.2, -0.15) is 0 Å². The Labute approximate surface area is 383 Å². The third kappa shape index (κ3) is 8.12. The predicted molar refractivity (Wildman–Crippen MR) is 245 cm³/mol. The molecular formula is C54H40FN5O7. The van der Waals surface area contributed by atoms with E-state index < -0.39 is 60.4 Å². The van der Waals surface area contributed by atoms with Crippen LogP contribution in [0.1, 0.15) is 54.0 Å². The summed E-state index contributed by atoms with van der Waals surface area (Å²) in [6.07, 6.45) is 0.636. The Kier molecular flexibility index (Phi) is 11.7. The van der Waals surface area contributed by atoms with Gasteiger partial charge in [0.05, 0.1) is 28.4 Å². The zero-order valence-electron chi connectivity index (χ0n) is 35.6. The van der Waals surface area contributed by atoms with Gasteiger partial charge in [0.25, 0.3) is 0 Å². The number of esters is 3. The average molecular weight is 890 g/mol. The van der Waals surface area contributed by atoms with Gasteiger partial charge < -0.3 is 23.5 Å². The zero-order valence-corrected chi connectivity index (χ0v) is 35.6. The van der Waals surface area contributed by atoms with Gasteiger partial charge in [-0.15, -0.1) is 0 Å². The highest BCUT2D eigenvalue weighted by molar-refractivity contribution is 5.92. The van der Waals surface area contributed by atoms with Crippen molar-refractivity contribution in [3.63, 3.8) is 0 Å². The van der Waals surface area contributed by atoms with Gasteiger partial charge in [0, 0.05) is 12.4 Å². The molecule has 0 aliphatic carbocycles. The highest BCUT2D eigenvalue weighted by Gasteiger charge is 2.52. The molecule has 0 spiro atoms. The molecule has 12 nitrogen and oxygen atoms in total. The van der Waals surface area contributed by atoms with Gasteiger partial charge in [-0.1, -0.05) is 146 Å². The molecule has 1 aliphatic heterocycles. The van der Waals surface area contributed by atoms with Crippen molar-refractivity contribution in [3.8, 4) is 11.4 Å². The summed E-state index contributed by atoms with van der Waals surface area (Å²) in [5.74, 6) is -2.91. The third-order valence-corrected chi connectivity index (χ3v) is 11.8. The first-order valence-electron chi connectivity index (χ1n) is 21.5. The molecule has 0 radical (unpaired) electrons. The molecule has 9 aromatic rings. The Morgan fingerprint density at radius 1 is 0.567 bits per heavy atom. The molecular weight excluding hydrogens is 850 g/mol. The van der Waals surface area contributed by atoms with Crippen molar-refractivity contribution in [1.82, 2.24) is 24.1 Å². The van der Waals surface area contributed by atoms with E-state index in [0.717, 1.165) is 16.7 Å². The fourth-order valence-electron chi connectivity index (χ4n) is 8.72. The second kappa shape index (κ2) is 18.5. The monoisotopic (exact) mass is 889 g/mol. The first-order valence-corrected chi connectivity index (χ1v) is 21.5. The van der Waals surface area contributed by atoms with E-state index in [1.807, 2.05) is 65.4 Å². The largest absolute Gasteiger partial charge is 0.459 e. The minimum atomic E-state index is -1.42. The molecule has 330 valence electrons. The van der Waals surface area contributed by atoms with Crippen LogP contribution in [0.15, 0.2) is 207 Å². The molecule has 4 atom stereocenters. The average Bonchev–Trinajstić information content (AvgIpc) is 4.11. The number of hydrogen-bond acceptors (Lipinski definition) is 10. The summed E-state index contributed by atoms with van der Waals surface area (Å²) in [6, 6.07) is 55.0. The summed E-state index contributed by atoms with van der Waals surface area (Å²) in [6.45, 7) is -0.429. The molecule has 0 amide bonds. The van der Waals surface area contributed by atoms with Crippen LogP contribution in [0.2, 0.25) is 0 Å². The molecule has 0 saturated carbocycles. The number of carbonyl (C=O) groups excluding carboxylic acids is 3. The van der Waals surface area contributed by atoms with Crippen molar-refractivity contribution < 1.29 is 37.7 Å². The van der Waals surface area contributed by atoms with E-state index in [4.69, 9.17) is 23.9 Å². The zero-order chi connectivity index (χ0) is 45.7. The molecule has 4 heterocycles. The Morgan fingerprint density at radius 3 is 1.54 bits per heavy atom. The summed E-state index contributed by atoms with van der Waals surface area (Å²) in [4.78, 5) is 54.9. The van der Waals surface area contributed by atoms with Crippen molar-refractivity contribution in [2.24, 2.45) is 0 Å². The molecule has 3 aromatic heterocycles. The van der Waals surface area contributed by atoms with Crippen LogP contribution in [0.4, 0.5) is 4.39 Å². The number of aromatic nitrogens is 5. The first kappa shape index (κ1) is 42.4. The lowest BCUT2D eigenvalue weighted by Crippen LogP contribution is -2.41. The molecule has 6 aromatic carbocycles. The first-order chi connectivity index (χ1) is 32.9. The summed E-state index contributed by atoms with van der Waals surface area (Å²) >= 11 is 0. The van der Waals surface area contributed by atoms with Crippen molar-refractivity contribution >= 4 is 28.9 Å². The van der Waals surface area contributed by atoms with Crippen molar-refractivity contribution in [3.05, 3.63) is 246 Å². The summed E-state index contributed by atoms with van der Waals surface area (Å²) in [5, 5.41) is 0.00556. The number of rotatable bonds is 13. The fourth-order valence-corrected chi connectivity index (χ4v) is 8.72. The number of hydrogen-bond donors (Lipinski definition) is 0. The van der Waals surface area contributed by atoms with E-state index in [-0.39, 0.29) is 33.4 Å². The lowest BCUT2D eigenvalue weighted by Gasteiger charge is -2.37. The van der Waals surface area contributed by atoms with Crippen LogP contribution >= 0.6 is 0 Å². The lowest BCUT2D eigenvalue weighted by molar-refractivity contribution is -0.0605. The normalized spacial score (nSPS) is 16.9. The molecule has 1 aliphatic rings. The second-order valence-corrected chi connectivity index (χ2v) is 15.8. The molecule has 67 heavy (non-hydrogen) atoms. The van der Waals surface area contributed by atoms with E-state index in [1.54, 1.807) is 97.3 Å². The summed E-state index contributed by atoms with van der Waals surface area (Å²) < 4.78 is 44.9. The van der Waals surface area contributed by atoms with Crippen molar-refractivity contribution in [2.75, 3.05) is 6.61 Å². The molecule has 1 fully saturated rings. The maximum Gasteiger partial charge on any atom is 0.338 e. The van der Waals surface area contributed by atoms with Gasteiger partial charge in [-0.25, -0.2) is 33.7 Å². The molecule has 1 saturated heterocycles. The fraction of sp³-hybridized carbons (Fsp3) is 0.111. The Hall–Kier alpha value is -8.55. The summed E-state index contributed by atoms with van der Waals surface area (Å²) in [5.41, 5.74) is 3.25. The third-order valence-electron chi connectivity index (χ3n) is 11.8. The van der Waals surface area contributed by atoms with Gasteiger partial charge in [0.1, 0.15) is 41.6 Å². The van der Waals surface area contributed by atoms with Crippen LogP contribution in [0.5, 0.6) is 0 Å². The smallest absolute Gasteiger partial charge is 0.338 e. The molecule has 13 heteroatoms. The molecule has 0 N–H and O–H groups in total. The van der Waals surface area contributed by atoms with Crippen molar-refractivity contribution in [1.29, 1.82) is 0 Å². The standard InChI is InChI=1S/C54H40FN5O7/c55-42-31-60(49-45(42)46(56-34-57-49)43-32-59(35-58-43)54(39-25-13-4-14-26-39,40-27-15-5-16-28-40)41-29-17-6-18-30-41)50-48(67-53(63)38-23-11-3-12-24-38)47(66-52(62)37-21-9-2-10-22-37)44(65-50)33-64-51(61)36-19-7-1-8-20-36/h1-32,34-35,44,47-48,50H,33H2/t44-,47-,48-,50-/m1/s1. The lowest BCUT2D eigenvalue weighted by atomic mass is 9.77. The number of fused-ring (bicyclic) bond motifs is 1. The Morgan fingerprint density at radius 2 is 1.03 bits per heavy atom. The molecule has 10 rings (SSSR count). The Balaban J connectivity index is 1.08. The topological polar surface area (TPSA) is 137 Å². The number of nitrogens with zero attached hydrogens (tertiary/aromatic N) is 5. The molecule has 0 unspecified atom stereocenters. The second-order valence-electron chi connectivity index (χ2n) is 15.8. The quantitative estimate of drug-likeness (QED) is 0.0626. The van der Waals surface area contributed by atoms with Crippen LogP contribution in [0.25, 0.3) is 22.4 Å². The van der Waals surface area contributed by atoms with Crippen LogP contribution in [0, 0.1) is 5.82 Å². The number of imidazole rings is 1. The maximum absolute atomic E-state index is 16.9. The van der Waals surface area contributed by atoms with E-state index in [0.29, 0.717) is 5.69 Å². The van der Waals surface area contributed by atoms with E-state index >= 15 is 4.39 Å². The highest BCUT2D eigenvalue weighted by atomic mass is 19.1. The van der Waals surface area contributed by atoms with E-state index in [2.05, 4.69) is 46.4 Å². The van der Waals surface area contributed by atoms with E-state index in [1.165, 1.54) is 17.1 Å². The van der Waals surface area contributed by atoms with Gasteiger partial charge in [-0.05, 0) is 53.1 Å². The summed E-state index contributed by atoms with van der Waals surface area (Å²) in [7, 11) is 0. The predicted octanol–water partition coefficient (Wildman–Crippen LogP) is 9.48. The number of carbonyl (C=O) groups is 3. The van der Waals surface area contributed by atoms with Crippen molar-refractivity contribution in [2.45, 2.75) is 30.1 Å². The van der Waals surface area contributed by atoms with Crippen LogP contribution < -0.4 is 0 Å². The maximum atomic E-state index is 16.9. The SMILES string of the molecule is O=C(OC[C@H]1O[C@@H](n2cc(F)c3c(-c4cn(C(c5ccccc5)(c5ccccc5)c5ccccc5)cn4)ncnc32)[C@H](OC(=O)c2ccccc2)[C@@H]1OC(=O)c1ccccc1)c1ccccc1. The van der Waals surface area contributed by atoms with Gasteiger partial charge in [0.15, 0.2) is 24.3 Å². The minimum absolute atomic E-state index is 0.00556. The highest BCUT2D eigenvalue weighted by Crippen LogP contribution is 2.43. The van der Waals surface area contributed by atoms with Crippen LogP contribution in [-0.4, -0.2) is 66.9 Å². The van der Waals surface area contributed by atoms with Crippen LogP contribution in [-0.2, 0) is 24.5 Å². The number of benzene rings is 6. The number of halogens is 1. The minimum Gasteiger partial charge on any atom is -0.459 e. The van der Waals surface area contributed by atoms with E-state index in [9.17, 15) is 14.4 Å². The van der Waals surface area contributed by atoms with Gasteiger partial charge in [0.2, 0.25) is 0 Å². The number of ether oxygens (including phenoxy) is 4.